The number of hydrogen-bond acceptors (Lipinski definition) is 3. The summed E-state index contributed by atoms with van der Waals surface area (Å²) in [6, 6.07) is 6.08. The number of hydrogen-bond donors (Lipinski definition) is 2. The second-order valence-electron chi connectivity index (χ2n) is 3.99. The standard InChI is InChI=1S/C13H17N3O/c1-8-7-10(5-6-11(8)17-4)12-9(2)15-13(14-3)16-12/h5-7H,1-4H3,(H2,14,15,16). The van der Waals surface area contributed by atoms with Gasteiger partial charge in [-0.1, -0.05) is 0 Å². The molecule has 4 heteroatoms. The van der Waals surface area contributed by atoms with Gasteiger partial charge in [-0.3, -0.25) is 0 Å². The van der Waals surface area contributed by atoms with Gasteiger partial charge in [0.1, 0.15) is 5.75 Å². The summed E-state index contributed by atoms with van der Waals surface area (Å²) in [5, 5.41) is 3.00. The third kappa shape index (κ3) is 2.11. The number of benzene rings is 1. The third-order valence-electron chi connectivity index (χ3n) is 2.79. The summed E-state index contributed by atoms with van der Waals surface area (Å²) >= 11 is 0. The molecule has 2 N–H and O–H groups in total. The zero-order valence-corrected chi connectivity index (χ0v) is 10.6. The topological polar surface area (TPSA) is 49.9 Å². The highest BCUT2D eigenvalue weighted by molar-refractivity contribution is 5.66. The van der Waals surface area contributed by atoms with Gasteiger partial charge < -0.3 is 15.0 Å². The van der Waals surface area contributed by atoms with Gasteiger partial charge in [-0.2, -0.15) is 0 Å². The molecular formula is C13H17N3O. The number of aromatic amines is 1. The van der Waals surface area contributed by atoms with Crippen LogP contribution in [0.15, 0.2) is 18.2 Å². The Morgan fingerprint density at radius 1 is 1.29 bits per heavy atom. The first-order chi connectivity index (χ1) is 8.15. The minimum absolute atomic E-state index is 0.783. The van der Waals surface area contributed by atoms with Crippen LogP contribution in [0.4, 0.5) is 5.95 Å². The molecule has 2 aromatic rings. The number of aryl methyl sites for hydroxylation is 2. The van der Waals surface area contributed by atoms with Crippen LogP contribution < -0.4 is 10.1 Å². The summed E-state index contributed by atoms with van der Waals surface area (Å²) in [6.45, 7) is 4.05. The van der Waals surface area contributed by atoms with Crippen LogP contribution in [0, 0.1) is 13.8 Å². The molecule has 0 aliphatic carbocycles. The highest BCUT2D eigenvalue weighted by Crippen LogP contribution is 2.27. The minimum Gasteiger partial charge on any atom is -0.496 e. The van der Waals surface area contributed by atoms with Gasteiger partial charge in [-0.05, 0) is 37.6 Å². The van der Waals surface area contributed by atoms with Crippen molar-refractivity contribution in [2.45, 2.75) is 13.8 Å². The van der Waals surface area contributed by atoms with Crippen molar-refractivity contribution in [1.29, 1.82) is 0 Å². The Morgan fingerprint density at radius 3 is 2.59 bits per heavy atom. The molecule has 0 aliphatic heterocycles. The highest BCUT2D eigenvalue weighted by Gasteiger charge is 2.09. The van der Waals surface area contributed by atoms with Crippen LogP contribution in [-0.2, 0) is 0 Å². The molecule has 17 heavy (non-hydrogen) atoms. The fraction of sp³-hybridized carbons (Fsp3) is 0.308. The van der Waals surface area contributed by atoms with Crippen molar-refractivity contribution in [3.8, 4) is 17.0 Å². The van der Waals surface area contributed by atoms with Crippen molar-refractivity contribution in [1.82, 2.24) is 9.97 Å². The van der Waals surface area contributed by atoms with Crippen LogP contribution in [0.2, 0.25) is 0 Å². The van der Waals surface area contributed by atoms with Crippen molar-refractivity contribution < 1.29 is 4.74 Å². The number of nitrogens with one attached hydrogen (secondary N) is 2. The van der Waals surface area contributed by atoms with Crippen LogP contribution in [0.3, 0.4) is 0 Å². The fourth-order valence-corrected chi connectivity index (χ4v) is 1.89. The summed E-state index contributed by atoms with van der Waals surface area (Å²) in [5.41, 5.74) is 4.23. The SMILES string of the molecule is CNc1nc(-c2ccc(OC)c(C)c2)c(C)[nH]1. The van der Waals surface area contributed by atoms with Crippen LogP contribution in [0.5, 0.6) is 5.75 Å². The lowest BCUT2D eigenvalue weighted by molar-refractivity contribution is 0.412. The summed E-state index contributed by atoms with van der Waals surface area (Å²) in [6.07, 6.45) is 0. The second kappa shape index (κ2) is 4.49. The van der Waals surface area contributed by atoms with E-state index in [2.05, 4.69) is 21.4 Å². The molecule has 0 spiro atoms. The summed E-state index contributed by atoms with van der Waals surface area (Å²) in [7, 11) is 3.53. The van der Waals surface area contributed by atoms with Gasteiger partial charge in [-0.15, -0.1) is 0 Å². The van der Waals surface area contributed by atoms with Crippen LogP contribution >= 0.6 is 0 Å². The van der Waals surface area contributed by atoms with Gasteiger partial charge >= 0.3 is 0 Å². The van der Waals surface area contributed by atoms with Gasteiger partial charge in [-0.25, -0.2) is 4.98 Å². The van der Waals surface area contributed by atoms with E-state index in [9.17, 15) is 0 Å². The number of ether oxygens (including phenoxy) is 1. The largest absolute Gasteiger partial charge is 0.496 e. The zero-order chi connectivity index (χ0) is 12.4. The van der Waals surface area contributed by atoms with E-state index in [1.807, 2.05) is 33.0 Å². The number of aromatic nitrogens is 2. The Balaban J connectivity index is 2.45. The zero-order valence-electron chi connectivity index (χ0n) is 10.6. The van der Waals surface area contributed by atoms with E-state index >= 15 is 0 Å². The molecule has 90 valence electrons. The summed E-state index contributed by atoms with van der Waals surface area (Å²) in [4.78, 5) is 7.68. The Hall–Kier alpha value is -1.97. The maximum absolute atomic E-state index is 5.25. The molecule has 0 atom stereocenters. The van der Waals surface area contributed by atoms with Crippen molar-refractivity contribution in [2.24, 2.45) is 0 Å². The van der Waals surface area contributed by atoms with E-state index in [-0.39, 0.29) is 0 Å². The smallest absolute Gasteiger partial charge is 0.200 e. The normalized spacial score (nSPS) is 10.4. The van der Waals surface area contributed by atoms with E-state index in [4.69, 9.17) is 4.74 Å². The fourth-order valence-electron chi connectivity index (χ4n) is 1.89. The Labute approximate surface area is 101 Å². The first-order valence-corrected chi connectivity index (χ1v) is 5.55. The van der Waals surface area contributed by atoms with Gasteiger partial charge in [0.2, 0.25) is 5.95 Å². The molecule has 0 amide bonds. The number of imidazole rings is 1. The van der Waals surface area contributed by atoms with Crippen molar-refractivity contribution in [3.63, 3.8) is 0 Å². The lowest BCUT2D eigenvalue weighted by atomic mass is 10.1. The number of rotatable bonds is 3. The first-order valence-electron chi connectivity index (χ1n) is 5.55. The second-order valence-corrected chi connectivity index (χ2v) is 3.99. The van der Waals surface area contributed by atoms with Crippen molar-refractivity contribution in [2.75, 3.05) is 19.5 Å². The molecule has 0 radical (unpaired) electrons. The maximum atomic E-state index is 5.25. The molecule has 1 aromatic heterocycles. The average Bonchev–Trinajstić information content (AvgIpc) is 2.70. The van der Waals surface area contributed by atoms with E-state index in [1.165, 1.54) is 0 Å². The molecule has 4 nitrogen and oxygen atoms in total. The molecule has 0 saturated carbocycles. The average molecular weight is 231 g/mol. The predicted molar refractivity (Wildman–Crippen MR) is 69.6 cm³/mol. The molecule has 0 bridgehead atoms. The van der Waals surface area contributed by atoms with Gasteiger partial charge in [0.25, 0.3) is 0 Å². The maximum Gasteiger partial charge on any atom is 0.200 e. The van der Waals surface area contributed by atoms with E-state index in [0.717, 1.165) is 34.2 Å². The van der Waals surface area contributed by atoms with Crippen molar-refractivity contribution >= 4 is 5.95 Å². The lowest BCUT2D eigenvalue weighted by Gasteiger charge is -2.06. The van der Waals surface area contributed by atoms with Gasteiger partial charge in [0.15, 0.2) is 0 Å². The van der Waals surface area contributed by atoms with Gasteiger partial charge in [0, 0.05) is 18.3 Å². The lowest BCUT2D eigenvalue weighted by Crippen LogP contribution is -1.90. The Bertz CT molecular complexity index is 531. The van der Waals surface area contributed by atoms with E-state index in [1.54, 1.807) is 7.11 Å². The quantitative estimate of drug-likeness (QED) is 0.854. The number of H-pyrrole nitrogens is 1. The molecule has 0 unspecified atom stereocenters. The Morgan fingerprint density at radius 2 is 2.06 bits per heavy atom. The van der Waals surface area contributed by atoms with Crippen LogP contribution in [0.1, 0.15) is 11.3 Å². The molecular weight excluding hydrogens is 214 g/mol. The van der Waals surface area contributed by atoms with Crippen LogP contribution in [-0.4, -0.2) is 24.1 Å². The monoisotopic (exact) mass is 231 g/mol. The molecule has 2 rings (SSSR count). The number of methoxy groups -OCH3 is 1. The number of nitrogens with zero attached hydrogens (tertiary/aromatic N) is 1. The molecule has 0 aliphatic rings. The van der Waals surface area contributed by atoms with E-state index < -0.39 is 0 Å². The van der Waals surface area contributed by atoms with Crippen molar-refractivity contribution in [3.05, 3.63) is 29.5 Å². The minimum atomic E-state index is 0.783. The highest BCUT2D eigenvalue weighted by atomic mass is 16.5. The Kier molecular flexibility index (Phi) is 3.04. The predicted octanol–water partition coefficient (Wildman–Crippen LogP) is 2.74. The summed E-state index contributed by atoms with van der Waals surface area (Å²) in [5.74, 6) is 1.68. The number of anilines is 1. The molecule has 0 saturated heterocycles. The van der Waals surface area contributed by atoms with E-state index in [0.29, 0.717) is 0 Å². The first kappa shape index (κ1) is 11.5. The third-order valence-corrected chi connectivity index (χ3v) is 2.79. The van der Waals surface area contributed by atoms with Crippen LogP contribution in [0.25, 0.3) is 11.3 Å². The molecule has 1 heterocycles. The summed E-state index contributed by atoms with van der Waals surface area (Å²) < 4.78 is 5.25. The van der Waals surface area contributed by atoms with Gasteiger partial charge in [0.05, 0.1) is 12.8 Å². The molecule has 0 fully saturated rings. The molecule has 1 aromatic carbocycles.